The van der Waals surface area contributed by atoms with Crippen LogP contribution in [0.2, 0.25) is 0 Å². The Morgan fingerprint density at radius 3 is 2.54 bits per heavy atom. The third-order valence-corrected chi connectivity index (χ3v) is 6.49. The van der Waals surface area contributed by atoms with Crippen LogP contribution in [0.25, 0.3) is 6.08 Å². The van der Waals surface area contributed by atoms with E-state index in [4.69, 9.17) is 14.2 Å². The number of para-hydroxylation sites is 1. The van der Waals surface area contributed by atoms with E-state index in [0.29, 0.717) is 31.9 Å². The van der Waals surface area contributed by atoms with E-state index < -0.39 is 12.0 Å². The Morgan fingerprint density at radius 1 is 1.17 bits per heavy atom. The van der Waals surface area contributed by atoms with Gasteiger partial charge in [0.25, 0.3) is 5.56 Å². The summed E-state index contributed by atoms with van der Waals surface area (Å²) >= 11 is 1.29. The zero-order valence-electron chi connectivity index (χ0n) is 20.4. The monoisotopic (exact) mass is 492 g/mol. The Balaban J connectivity index is 1.95. The molecule has 4 rings (SSSR count). The first-order valence-corrected chi connectivity index (χ1v) is 12.2. The fourth-order valence-electron chi connectivity index (χ4n) is 4.00. The van der Waals surface area contributed by atoms with E-state index in [9.17, 15) is 9.59 Å². The molecule has 0 radical (unpaired) electrons. The number of allylic oxidation sites excluding steroid dienone is 1. The van der Waals surface area contributed by atoms with Crippen LogP contribution >= 0.6 is 11.3 Å². The van der Waals surface area contributed by atoms with Crippen LogP contribution in [0.5, 0.6) is 11.5 Å². The van der Waals surface area contributed by atoms with Crippen LogP contribution in [0.1, 0.15) is 44.9 Å². The molecule has 1 atom stereocenters. The molecule has 0 saturated carbocycles. The first-order chi connectivity index (χ1) is 16.8. The molecule has 8 heteroatoms. The van der Waals surface area contributed by atoms with Crippen LogP contribution < -0.4 is 24.4 Å². The quantitative estimate of drug-likeness (QED) is 0.471. The number of methoxy groups -OCH3 is 1. The second-order valence-corrected chi connectivity index (χ2v) is 9.29. The van der Waals surface area contributed by atoms with Crippen LogP contribution in [0.4, 0.5) is 0 Å². The number of ether oxygens (including phenoxy) is 3. The van der Waals surface area contributed by atoms with Gasteiger partial charge in [-0.3, -0.25) is 9.36 Å². The largest absolute Gasteiger partial charge is 0.497 e. The minimum Gasteiger partial charge on any atom is -0.497 e. The lowest BCUT2D eigenvalue weighted by molar-refractivity contribution is -0.139. The lowest BCUT2D eigenvalue weighted by atomic mass is 9.95. The first kappa shape index (κ1) is 24.5. The van der Waals surface area contributed by atoms with Crippen LogP contribution in [-0.4, -0.2) is 30.4 Å². The Bertz CT molecular complexity index is 1450. The Labute approximate surface area is 207 Å². The van der Waals surface area contributed by atoms with E-state index in [2.05, 4.69) is 4.99 Å². The van der Waals surface area contributed by atoms with Crippen molar-refractivity contribution in [2.45, 2.75) is 39.8 Å². The van der Waals surface area contributed by atoms with Crippen molar-refractivity contribution >= 4 is 23.4 Å². The van der Waals surface area contributed by atoms with E-state index >= 15 is 0 Å². The summed E-state index contributed by atoms with van der Waals surface area (Å²) in [5.41, 5.74) is 2.18. The van der Waals surface area contributed by atoms with Gasteiger partial charge in [0, 0.05) is 5.56 Å². The molecule has 35 heavy (non-hydrogen) atoms. The first-order valence-electron chi connectivity index (χ1n) is 11.4. The zero-order valence-corrected chi connectivity index (χ0v) is 21.2. The van der Waals surface area contributed by atoms with Crippen molar-refractivity contribution in [2.24, 2.45) is 4.99 Å². The molecule has 182 valence electrons. The smallest absolute Gasteiger partial charge is 0.338 e. The fourth-order valence-corrected chi connectivity index (χ4v) is 5.05. The number of rotatable bonds is 7. The predicted molar refractivity (Wildman–Crippen MR) is 136 cm³/mol. The van der Waals surface area contributed by atoms with Crippen molar-refractivity contribution < 1.29 is 19.0 Å². The van der Waals surface area contributed by atoms with Gasteiger partial charge in [0.05, 0.1) is 35.6 Å². The van der Waals surface area contributed by atoms with E-state index in [1.54, 1.807) is 25.5 Å². The molecule has 0 saturated heterocycles. The van der Waals surface area contributed by atoms with Gasteiger partial charge in [-0.05, 0) is 57.5 Å². The molecule has 0 spiro atoms. The number of hydrogen-bond donors (Lipinski definition) is 0. The van der Waals surface area contributed by atoms with Crippen molar-refractivity contribution in [2.75, 3.05) is 13.7 Å². The van der Waals surface area contributed by atoms with Gasteiger partial charge in [0.15, 0.2) is 4.80 Å². The summed E-state index contributed by atoms with van der Waals surface area (Å²) in [6.45, 7) is 7.61. The molecule has 0 N–H and O–H groups in total. The lowest BCUT2D eigenvalue weighted by Gasteiger charge is -2.26. The zero-order chi connectivity index (χ0) is 25.1. The molecule has 1 aliphatic heterocycles. The Kier molecular flexibility index (Phi) is 7.21. The summed E-state index contributed by atoms with van der Waals surface area (Å²) in [5.74, 6) is 0.844. The van der Waals surface area contributed by atoms with E-state index in [-0.39, 0.29) is 18.3 Å². The highest BCUT2D eigenvalue weighted by molar-refractivity contribution is 7.07. The van der Waals surface area contributed by atoms with Gasteiger partial charge in [-0.2, -0.15) is 0 Å². The van der Waals surface area contributed by atoms with Gasteiger partial charge in [-0.15, -0.1) is 0 Å². The molecule has 2 heterocycles. The topological polar surface area (TPSA) is 79.1 Å². The maximum Gasteiger partial charge on any atom is 0.338 e. The number of benzene rings is 2. The summed E-state index contributed by atoms with van der Waals surface area (Å²) < 4.78 is 18.7. The molecular weight excluding hydrogens is 464 g/mol. The number of nitrogens with zero attached hydrogens (tertiary/aromatic N) is 2. The minimum atomic E-state index is -0.724. The third kappa shape index (κ3) is 4.93. The SMILES string of the molecule is CCOC(=O)C1=C(C)N=c2s/c(=C\c3ccc(OC)cc3)c(=O)n2[C@H]1c1ccccc1OC(C)C. The normalized spacial score (nSPS) is 15.6. The van der Waals surface area contributed by atoms with Gasteiger partial charge >= 0.3 is 5.97 Å². The Hall–Kier alpha value is -3.65. The molecule has 0 amide bonds. The highest BCUT2D eigenvalue weighted by Gasteiger charge is 2.35. The van der Waals surface area contributed by atoms with Crippen LogP contribution in [0.3, 0.4) is 0 Å². The second kappa shape index (κ2) is 10.3. The summed E-state index contributed by atoms with van der Waals surface area (Å²) in [5, 5.41) is 0. The molecule has 1 aromatic heterocycles. The van der Waals surface area contributed by atoms with Crippen molar-refractivity contribution in [1.82, 2.24) is 4.57 Å². The standard InChI is InChI=1S/C27H28N2O5S/c1-6-33-26(31)23-17(4)28-27-29(24(23)20-9-7-8-10-21(20)34-16(2)3)25(30)22(35-27)15-18-11-13-19(32-5)14-12-18/h7-16,24H,6H2,1-5H3/b22-15-/t24-/m0/s1. The van der Waals surface area contributed by atoms with Crippen LogP contribution in [0, 0.1) is 0 Å². The number of hydrogen-bond acceptors (Lipinski definition) is 7. The molecule has 0 aliphatic carbocycles. The molecule has 1 aliphatic rings. The fraction of sp³-hybridized carbons (Fsp3) is 0.296. The molecule has 3 aromatic rings. The summed E-state index contributed by atoms with van der Waals surface area (Å²) in [6.07, 6.45) is 1.73. The molecular formula is C27H28N2O5S. The van der Waals surface area contributed by atoms with Crippen molar-refractivity contribution in [3.8, 4) is 11.5 Å². The molecule has 7 nitrogen and oxygen atoms in total. The highest BCUT2D eigenvalue weighted by Crippen LogP contribution is 2.36. The third-order valence-electron chi connectivity index (χ3n) is 5.51. The molecule has 0 unspecified atom stereocenters. The summed E-state index contributed by atoms with van der Waals surface area (Å²) in [6, 6.07) is 14.2. The second-order valence-electron chi connectivity index (χ2n) is 8.28. The summed E-state index contributed by atoms with van der Waals surface area (Å²) in [4.78, 5) is 32.0. The molecule has 0 fully saturated rings. The average molecular weight is 493 g/mol. The number of carbonyl (C=O) groups is 1. The van der Waals surface area contributed by atoms with Crippen molar-refractivity contribution in [3.63, 3.8) is 0 Å². The van der Waals surface area contributed by atoms with E-state index in [1.165, 1.54) is 11.3 Å². The maximum atomic E-state index is 13.7. The van der Waals surface area contributed by atoms with Crippen LogP contribution in [-0.2, 0) is 9.53 Å². The van der Waals surface area contributed by atoms with Gasteiger partial charge in [-0.25, -0.2) is 9.79 Å². The van der Waals surface area contributed by atoms with Crippen molar-refractivity contribution in [1.29, 1.82) is 0 Å². The van der Waals surface area contributed by atoms with Gasteiger partial charge < -0.3 is 14.2 Å². The highest BCUT2D eigenvalue weighted by atomic mass is 32.1. The molecule has 0 bridgehead atoms. The number of aromatic nitrogens is 1. The van der Waals surface area contributed by atoms with Gasteiger partial charge in [0.2, 0.25) is 0 Å². The Morgan fingerprint density at radius 2 is 1.89 bits per heavy atom. The van der Waals surface area contributed by atoms with Crippen molar-refractivity contribution in [3.05, 3.63) is 90.6 Å². The van der Waals surface area contributed by atoms with Crippen LogP contribution in [0.15, 0.2) is 69.6 Å². The average Bonchev–Trinajstić information content (AvgIpc) is 3.13. The summed E-state index contributed by atoms with van der Waals surface area (Å²) in [7, 11) is 1.61. The number of fused-ring (bicyclic) bond motifs is 1. The minimum absolute atomic E-state index is 0.0850. The number of thiazole rings is 1. The number of carbonyl (C=O) groups excluding carboxylic acids is 1. The van der Waals surface area contributed by atoms with E-state index in [1.807, 2.05) is 68.5 Å². The maximum absolute atomic E-state index is 13.7. The van der Waals surface area contributed by atoms with Gasteiger partial charge in [-0.1, -0.05) is 41.7 Å². The van der Waals surface area contributed by atoms with Gasteiger partial charge in [0.1, 0.15) is 17.5 Å². The lowest BCUT2D eigenvalue weighted by Crippen LogP contribution is -2.40. The van der Waals surface area contributed by atoms with E-state index in [0.717, 1.165) is 11.3 Å². The predicted octanol–water partition coefficient (Wildman–Crippen LogP) is 3.59. The molecule has 2 aromatic carbocycles. The number of esters is 1.